The molecule has 4 N–H and O–H groups in total. The number of nitrogens with zero attached hydrogens (tertiary/aromatic N) is 12. The largest absolute Gasteiger partial charge is 0.507 e. The zero-order chi connectivity index (χ0) is 95.2. The smallest absolute Gasteiger partial charge is 0.337 e. The van der Waals surface area contributed by atoms with E-state index in [-0.39, 0.29) is 40.5 Å². The molecule has 676 valence electrons. The lowest BCUT2D eigenvalue weighted by atomic mass is 10.1. The molecule has 4 heterocycles. The standard InChI is InChI=1S/C26H23N3O6.C26H23N3O4.2C25H21N3O5/c1-32-17-9-11-19(21(30)13-17)24-27-23(15-5-7-16(8-6-15)26(31)35-4)28-25(29-24)20-12-10-18(33-2)14-22(20)34-3;1-15-11-16(2)13-19(12-15)24-27-23(17-5-7-18(8-6-17)26(31)33-4)28-25(29-24)21-10-9-20(32-3)14-22(21)30;1-31-18-6-4-5-17(13-18)23-26-22(15-7-9-16(10-8-15)25(30)33-3)27-24(28-23)20-12-11-19(32-2)14-21(20)29;1-31-17-12-13-18(20(29)14-17)23-26-22(15-8-10-16(11-9-15)25(30)33-3)27-24(28-23)19-6-4-5-7-21(19)32-2/h5-14,30H,1-4H3;5-14,30H,1-4H3;2*4-14,29H,1-3H3. The molecule has 0 atom stereocenters. The highest BCUT2D eigenvalue weighted by atomic mass is 16.5. The zero-order valence-corrected chi connectivity index (χ0v) is 74.9. The molecule has 0 saturated carbocycles. The predicted octanol–water partition coefficient (Wildman–Crippen LogP) is 18.1. The van der Waals surface area contributed by atoms with Crippen LogP contribution in [0.3, 0.4) is 0 Å². The Bertz CT molecular complexity index is 6950. The number of aromatic nitrogens is 12. The Morgan fingerprint density at radius 2 is 0.448 bits per heavy atom. The Hall–Kier alpha value is -17.8. The highest BCUT2D eigenvalue weighted by molar-refractivity contribution is 5.92. The van der Waals surface area contributed by atoms with Crippen molar-refractivity contribution in [1.29, 1.82) is 0 Å². The summed E-state index contributed by atoms with van der Waals surface area (Å²) in [5.74, 6) is 6.83. The lowest BCUT2D eigenvalue weighted by Crippen LogP contribution is -2.03. The SMILES string of the molecule is COC(=O)c1ccc(-c2nc(-c3cc(C)cc(C)c3)nc(-c3ccc(OC)cc3O)n2)cc1.COC(=O)c1ccc(-c2nc(-c3ccc(OC)cc3O)nc(-c3ccc(OC)cc3OC)n2)cc1.COC(=O)c1ccc(-c2nc(-c3ccc(OC)cc3O)nc(-c3ccccc3OC)n2)cc1.COC(=O)c1ccc(-c2nc(-c3cccc(OC)c3)nc(-c3ccc(OC)cc3O)n2)cc1. The predicted molar refractivity (Wildman–Crippen MR) is 498 cm³/mol. The summed E-state index contributed by atoms with van der Waals surface area (Å²) in [5.41, 5.74) is 11.0. The summed E-state index contributed by atoms with van der Waals surface area (Å²) in [7, 11) is 17.7. The van der Waals surface area contributed by atoms with Crippen molar-refractivity contribution >= 4 is 23.9 Å². The fourth-order valence-electron chi connectivity index (χ4n) is 13.5. The van der Waals surface area contributed by atoms with Gasteiger partial charge in [-0.1, -0.05) is 90.0 Å². The van der Waals surface area contributed by atoms with Gasteiger partial charge in [-0.2, -0.15) is 0 Å². The molecule has 0 radical (unpaired) electrons. The van der Waals surface area contributed by atoms with Crippen LogP contribution in [0.4, 0.5) is 0 Å². The lowest BCUT2D eigenvalue weighted by Gasteiger charge is -2.13. The molecule has 134 heavy (non-hydrogen) atoms. The van der Waals surface area contributed by atoms with Gasteiger partial charge in [-0.05, 0) is 159 Å². The Kier molecular flexibility index (Phi) is 30.3. The molecule has 4 aromatic heterocycles. The summed E-state index contributed by atoms with van der Waals surface area (Å²) in [6.07, 6.45) is 0. The number of esters is 4. The monoisotopic (exact) mass is 1800 g/mol. The number of hydrogen-bond acceptors (Lipinski definition) is 32. The number of methoxy groups -OCH3 is 12. The third-order valence-electron chi connectivity index (χ3n) is 20.4. The van der Waals surface area contributed by atoms with Crippen molar-refractivity contribution in [3.05, 3.63) is 288 Å². The quantitative estimate of drug-likeness (QED) is 0.0322. The lowest BCUT2D eigenvalue weighted by molar-refractivity contribution is 0.0592. The van der Waals surface area contributed by atoms with Crippen molar-refractivity contribution in [2.75, 3.05) is 85.3 Å². The molecular weight excluding hydrogens is 1710 g/mol. The minimum atomic E-state index is -0.445. The molecule has 16 aromatic rings. The third-order valence-corrected chi connectivity index (χ3v) is 20.4. The molecule has 0 aliphatic rings. The van der Waals surface area contributed by atoms with E-state index >= 15 is 0 Å². The van der Waals surface area contributed by atoms with Gasteiger partial charge in [0.25, 0.3) is 0 Å². The summed E-state index contributed by atoms with van der Waals surface area (Å²) in [6, 6.07) is 72.7. The fourth-order valence-corrected chi connectivity index (χ4v) is 13.5. The number of benzene rings is 12. The summed E-state index contributed by atoms with van der Waals surface area (Å²) >= 11 is 0. The van der Waals surface area contributed by atoms with E-state index in [1.807, 2.05) is 74.5 Å². The van der Waals surface area contributed by atoms with Crippen molar-refractivity contribution in [3.63, 3.8) is 0 Å². The number of para-hydroxylation sites is 1. The van der Waals surface area contributed by atoms with Crippen LogP contribution in [0.15, 0.2) is 255 Å². The van der Waals surface area contributed by atoms with E-state index < -0.39 is 23.9 Å². The number of phenols is 4. The molecule has 0 spiro atoms. The molecular formula is C102H88N12O20. The van der Waals surface area contributed by atoms with Gasteiger partial charge in [0.1, 0.15) is 69.0 Å². The molecule has 32 heteroatoms. The highest BCUT2D eigenvalue weighted by Crippen LogP contribution is 2.41. The molecule has 0 aliphatic carbocycles. The van der Waals surface area contributed by atoms with Crippen molar-refractivity contribution in [1.82, 2.24) is 59.8 Å². The summed E-state index contributed by atoms with van der Waals surface area (Å²) in [5, 5.41) is 42.3. The first-order chi connectivity index (χ1) is 64.9. The van der Waals surface area contributed by atoms with Crippen LogP contribution in [0.25, 0.3) is 137 Å². The molecule has 0 amide bonds. The van der Waals surface area contributed by atoms with E-state index in [0.717, 1.165) is 22.3 Å². The summed E-state index contributed by atoms with van der Waals surface area (Å²) < 4.78 is 61.4. The van der Waals surface area contributed by atoms with Gasteiger partial charge in [-0.25, -0.2) is 79.0 Å². The Morgan fingerprint density at radius 3 is 0.739 bits per heavy atom. The number of ether oxygens (including phenoxy) is 12. The molecule has 0 bridgehead atoms. The average molecular weight is 1800 g/mol. The van der Waals surface area contributed by atoms with Crippen molar-refractivity contribution < 1.29 is 96.4 Å². The number of hydrogen-bond donors (Lipinski definition) is 4. The minimum Gasteiger partial charge on any atom is -0.507 e. The van der Waals surface area contributed by atoms with E-state index in [1.165, 1.54) is 81.1 Å². The summed E-state index contributed by atoms with van der Waals surface area (Å²) in [4.78, 5) is 103. The highest BCUT2D eigenvalue weighted by Gasteiger charge is 2.25. The fraction of sp³-hybridized carbons (Fsp3) is 0.137. The maximum absolute atomic E-state index is 11.8. The van der Waals surface area contributed by atoms with Crippen LogP contribution in [0.5, 0.6) is 69.0 Å². The molecule has 0 saturated heterocycles. The number of carbonyl (C=O) groups is 4. The summed E-state index contributed by atoms with van der Waals surface area (Å²) in [6.45, 7) is 4.03. The molecule has 32 nitrogen and oxygen atoms in total. The number of phenolic OH excluding ortho intramolecular Hbond substituents is 4. The second-order valence-electron chi connectivity index (χ2n) is 28.9. The van der Waals surface area contributed by atoms with Crippen molar-refractivity contribution in [2.24, 2.45) is 0 Å². The van der Waals surface area contributed by atoms with E-state index in [9.17, 15) is 39.6 Å². The second-order valence-corrected chi connectivity index (χ2v) is 28.9. The van der Waals surface area contributed by atoms with Crippen LogP contribution in [-0.2, 0) is 18.9 Å². The zero-order valence-electron chi connectivity index (χ0n) is 74.9. The van der Waals surface area contributed by atoms with E-state index in [0.29, 0.717) is 176 Å². The topological polar surface area (TPSA) is 415 Å². The van der Waals surface area contributed by atoms with Crippen LogP contribution in [0, 0.1) is 13.8 Å². The number of aromatic hydroxyl groups is 4. The van der Waals surface area contributed by atoms with Crippen LogP contribution >= 0.6 is 0 Å². The van der Waals surface area contributed by atoms with Gasteiger partial charge >= 0.3 is 23.9 Å². The number of carbonyl (C=O) groups excluding carboxylic acids is 4. The molecule has 16 rings (SSSR count). The first kappa shape index (κ1) is 93.8. The molecule has 0 unspecified atom stereocenters. The van der Waals surface area contributed by atoms with Crippen LogP contribution in [0.1, 0.15) is 52.6 Å². The number of aryl methyl sites for hydroxylation is 2. The van der Waals surface area contributed by atoms with E-state index in [4.69, 9.17) is 61.8 Å². The molecule has 12 aromatic carbocycles. The Balaban J connectivity index is 0.000000152. The van der Waals surface area contributed by atoms with Gasteiger partial charge in [-0.3, -0.25) is 0 Å². The normalized spacial score (nSPS) is 10.6. The maximum Gasteiger partial charge on any atom is 0.337 e. The minimum absolute atomic E-state index is 0.00101. The van der Waals surface area contributed by atoms with Gasteiger partial charge in [0.05, 0.1) is 141 Å². The molecule has 0 aliphatic heterocycles. The van der Waals surface area contributed by atoms with Crippen LogP contribution < -0.4 is 37.9 Å². The first-order valence-corrected chi connectivity index (χ1v) is 40.8. The van der Waals surface area contributed by atoms with Crippen LogP contribution in [0.2, 0.25) is 0 Å². The third kappa shape index (κ3) is 22.3. The van der Waals surface area contributed by atoms with Gasteiger partial charge in [0.2, 0.25) is 0 Å². The van der Waals surface area contributed by atoms with Gasteiger partial charge in [0.15, 0.2) is 69.9 Å². The molecule has 0 fully saturated rings. The van der Waals surface area contributed by atoms with Crippen molar-refractivity contribution in [2.45, 2.75) is 13.8 Å². The average Bonchev–Trinajstić information content (AvgIpc) is 0.795. The van der Waals surface area contributed by atoms with Gasteiger partial charge < -0.3 is 77.3 Å². The van der Waals surface area contributed by atoms with Gasteiger partial charge in [-0.15, -0.1) is 0 Å². The Labute approximate surface area is 769 Å². The van der Waals surface area contributed by atoms with E-state index in [2.05, 4.69) is 60.9 Å². The second kappa shape index (κ2) is 43.3. The van der Waals surface area contributed by atoms with E-state index in [1.54, 1.807) is 192 Å². The first-order valence-electron chi connectivity index (χ1n) is 40.8. The Morgan fingerprint density at radius 1 is 0.201 bits per heavy atom. The number of rotatable bonds is 24. The maximum atomic E-state index is 11.8. The van der Waals surface area contributed by atoms with Crippen LogP contribution in [-0.4, -0.2) is 189 Å². The van der Waals surface area contributed by atoms with Crippen molar-refractivity contribution in [3.8, 4) is 206 Å². The van der Waals surface area contributed by atoms with Gasteiger partial charge in [0, 0.05) is 63.7 Å².